The topological polar surface area (TPSA) is 75.3 Å². The van der Waals surface area contributed by atoms with Gasteiger partial charge in [-0.05, 0) is 88.1 Å². The Morgan fingerprint density at radius 3 is 2.66 bits per heavy atom. The highest BCUT2D eigenvalue weighted by Crippen LogP contribution is 2.39. The molecule has 6 nitrogen and oxygen atoms in total. The van der Waals surface area contributed by atoms with Crippen molar-refractivity contribution in [2.24, 2.45) is 0 Å². The van der Waals surface area contributed by atoms with Crippen LogP contribution in [0.3, 0.4) is 0 Å². The van der Waals surface area contributed by atoms with E-state index in [9.17, 15) is 9.59 Å². The Labute approximate surface area is 187 Å². The number of aromatic nitrogens is 2. The van der Waals surface area contributed by atoms with Gasteiger partial charge >= 0.3 is 5.97 Å². The summed E-state index contributed by atoms with van der Waals surface area (Å²) in [7, 11) is 0. The van der Waals surface area contributed by atoms with Gasteiger partial charge in [-0.3, -0.25) is 4.79 Å². The van der Waals surface area contributed by atoms with Crippen molar-refractivity contribution in [2.45, 2.75) is 52.2 Å². The predicted molar refractivity (Wildman–Crippen MR) is 126 cm³/mol. The van der Waals surface area contributed by atoms with Crippen LogP contribution in [0, 0.1) is 19.3 Å². The fourth-order valence-electron chi connectivity index (χ4n) is 4.27. The molecule has 1 heterocycles. The quantitative estimate of drug-likeness (QED) is 0.494. The van der Waals surface area contributed by atoms with E-state index in [4.69, 9.17) is 11.2 Å². The molecule has 1 unspecified atom stereocenters. The summed E-state index contributed by atoms with van der Waals surface area (Å²) in [6.07, 6.45) is 7.48. The summed E-state index contributed by atoms with van der Waals surface area (Å²) in [5, 5.41) is 0.585. The lowest BCUT2D eigenvalue weighted by Gasteiger charge is -2.30. The molecule has 164 valence electrons. The smallest absolute Gasteiger partial charge is 0.338 e. The number of hydrogen-bond acceptors (Lipinski definition) is 5. The van der Waals surface area contributed by atoms with E-state index in [0.29, 0.717) is 23.3 Å². The molecule has 0 radical (unpaired) electrons. The average molecular weight is 430 g/mol. The lowest BCUT2D eigenvalue weighted by Crippen LogP contribution is -2.28. The number of H-pyrrole nitrogens is 1. The first-order valence-corrected chi connectivity index (χ1v) is 10.7. The Balaban J connectivity index is 1.68. The minimum atomic E-state index is -0.549. The maximum atomic E-state index is 12.5. The van der Waals surface area contributed by atoms with Gasteiger partial charge in [-0.25, -0.2) is 9.78 Å². The number of nitrogens with zero attached hydrogens (tertiary/aromatic N) is 2. The lowest BCUT2D eigenvalue weighted by atomic mass is 10.0. The van der Waals surface area contributed by atoms with E-state index >= 15 is 0 Å². The SMILES string of the molecule is C#CCN(c1ccc(C(=O)OC(C)(C)C)cc1)C1CCc2cc3nc(C)[nH]c(=O)c3cc21. The Kier molecular flexibility index (Phi) is 5.52. The number of ether oxygens (including phenoxy) is 1. The molecule has 0 bridgehead atoms. The number of aryl methyl sites for hydroxylation is 2. The van der Waals surface area contributed by atoms with Gasteiger partial charge < -0.3 is 14.6 Å². The van der Waals surface area contributed by atoms with Gasteiger partial charge in [-0.1, -0.05) is 5.92 Å². The zero-order valence-electron chi connectivity index (χ0n) is 18.9. The van der Waals surface area contributed by atoms with E-state index in [0.717, 1.165) is 29.6 Å². The van der Waals surface area contributed by atoms with E-state index in [-0.39, 0.29) is 17.6 Å². The van der Waals surface area contributed by atoms with Gasteiger partial charge in [-0.2, -0.15) is 0 Å². The summed E-state index contributed by atoms with van der Waals surface area (Å²) in [6.45, 7) is 7.73. The van der Waals surface area contributed by atoms with Crippen LogP contribution < -0.4 is 10.5 Å². The predicted octanol–water partition coefficient (Wildman–Crippen LogP) is 4.31. The van der Waals surface area contributed by atoms with Gasteiger partial charge in [-0.15, -0.1) is 6.42 Å². The van der Waals surface area contributed by atoms with Crippen molar-refractivity contribution >= 4 is 22.6 Å². The largest absolute Gasteiger partial charge is 0.456 e. The Morgan fingerprint density at radius 2 is 2.00 bits per heavy atom. The highest BCUT2D eigenvalue weighted by atomic mass is 16.6. The molecule has 0 spiro atoms. The van der Waals surface area contributed by atoms with Gasteiger partial charge in [0.15, 0.2) is 0 Å². The summed E-state index contributed by atoms with van der Waals surface area (Å²) in [6, 6.07) is 11.3. The molecular weight excluding hydrogens is 402 g/mol. The highest BCUT2D eigenvalue weighted by Gasteiger charge is 2.29. The molecule has 1 N–H and O–H groups in total. The molecule has 6 heteroatoms. The number of esters is 1. The van der Waals surface area contributed by atoms with Crippen LogP contribution in [0.15, 0.2) is 41.2 Å². The molecule has 1 aromatic heterocycles. The summed E-state index contributed by atoms with van der Waals surface area (Å²) < 4.78 is 5.45. The van der Waals surface area contributed by atoms with Crippen molar-refractivity contribution in [2.75, 3.05) is 11.4 Å². The number of aromatic amines is 1. The highest BCUT2D eigenvalue weighted by molar-refractivity contribution is 5.90. The van der Waals surface area contributed by atoms with Crippen LogP contribution in [0.4, 0.5) is 5.69 Å². The van der Waals surface area contributed by atoms with Crippen molar-refractivity contribution in [3.63, 3.8) is 0 Å². The van der Waals surface area contributed by atoms with Gasteiger partial charge in [0.05, 0.1) is 29.1 Å². The molecule has 0 saturated carbocycles. The molecule has 3 aromatic rings. The Bertz CT molecular complexity index is 1280. The maximum Gasteiger partial charge on any atom is 0.338 e. The van der Waals surface area contributed by atoms with Crippen molar-refractivity contribution in [1.29, 1.82) is 0 Å². The van der Waals surface area contributed by atoms with Crippen molar-refractivity contribution < 1.29 is 9.53 Å². The third-order valence-corrected chi connectivity index (χ3v) is 5.60. The second-order valence-corrected chi connectivity index (χ2v) is 9.15. The van der Waals surface area contributed by atoms with Gasteiger partial charge in [0.25, 0.3) is 5.56 Å². The molecule has 0 amide bonds. The molecule has 0 aliphatic heterocycles. The van der Waals surface area contributed by atoms with Gasteiger partial charge in [0.2, 0.25) is 0 Å². The second-order valence-electron chi connectivity index (χ2n) is 9.15. The summed E-state index contributed by atoms with van der Waals surface area (Å²) in [4.78, 5) is 34.3. The van der Waals surface area contributed by atoms with Crippen LogP contribution in [0.5, 0.6) is 0 Å². The number of carbonyl (C=O) groups excluding carboxylic acids is 1. The summed E-state index contributed by atoms with van der Waals surface area (Å²) in [5.41, 5.74) is 3.74. The van der Waals surface area contributed by atoms with E-state index in [1.165, 1.54) is 5.56 Å². The number of terminal acetylenes is 1. The normalized spacial score (nSPS) is 15.3. The fourth-order valence-corrected chi connectivity index (χ4v) is 4.27. The minimum Gasteiger partial charge on any atom is -0.456 e. The van der Waals surface area contributed by atoms with E-state index < -0.39 is 5.60 Å². The maximum absolute atomic E-state index is 12.5. The Morgan fingerprint density at radius 1 is 1.28 bits per heavy atom. The summed E-state index contributed by atoms with van der Waals surface area (Å²) >= 11 is 0. The number of anilines is 1. The van der Waals surface area contributed by atoms with Crippen LogP contribution in [-0.2, 0) is 11.2 Å². The number of carbonyl (C=O) groups is 1. The van der Waals surface area contributed by atoms with Crippen LogP contribution in [0.1, 0.15) is 60.5 Å². The van der Waals surface area contributed by atoms with Crippen LogP contribution in [0.2, 0.25) is 0 Å². The standard InChI is InChI=1S/C26H27N3O3/c1-6-13-29(19-10-7-17(8-11-19)25(31)32-26(3,4)5)23-12-9-18-14-22-21(15-20(18)23)24(30)28-16(2)27-22/h1,7-8,10-11,14-15,23H,9,12-13H2,2-5H3,(H,27,28,30). The number of fused-ring (bicyclic) bond motifs is 2. The third kappa shape index (κ3) is 4.24. The summed E-state index contributed by atoms with van der Waals surface area (Å²) in [5.74, 6) is 3.01. The third-order valence-electron chi connectivity index (χ3n) is 5.60. The first kappa shape index (κ1) is 21.6. The van der Waals surface area contributed by atoms with Gasteiger partial charge in [0, 0.05) is 5.69 Å². The van der Waals surface area contributed by atoms with E-state index in [1.54, 1.807) is 19.1 Å². The van der Waals surface area contributed by atoms with Gasteiger partial charge in [0.1, 0.15) is 11.4 Å². The molecule has 1 aliphatic rings. The number of nitrogens with one attached hydrogen (secondary N) is 1. The molecule has 32 heavy (non-hydrogen) atoms. The zero-order valence-corrected chi connectivity index (χ0v) is 18.9. The van der Waals surface area contributed by atoms with Crippen LogP contribution in [0.25, 0.3) is 10.9 Å². The zero-order chi connectivity index (χ0) is 23.0. The van der Waals surface area contributed by atoms with E-state index in [1.807, 2.05) is 45.0 Å². The lowest BCUT2D eigenvalue weighted by molar-refractivity contribution is 0.00695. The van der Waals surface area contributed by atoms with Crippen molar-refractivity contribution in [1.82, 2.24) is 9.97 Å². The molecule has 4 rings (SSSR count). The number of hydrogen-bond donors (Lipinski definition) is 1. The van der Waals surface area contributed by atoms with Crippen LogP contribution in [-0.4, -0.2) is 28.1 Å². The first-order valence-electron chi connectivity index (χ1n) is 10.7. The fraction of sp³-hybridized carbons (Fsp3) is 0.346. The molecule has 1 aliphatic carbocycles. The van der Waals surface area contributed by atoms with Crippen LogP contribution >= 0.6 is 0 Å². The molecular formula is C26H27N3O3. The molecule has 0 saturated heterocycles. The minimum absolute atomic E-state index is 0.0403. The van der Waals surface area contributed by atoms with E-state index in [2.05, 4.69) is 20.8 Å². The van der Waals surface area contributed by atoms with Crippen molar-refractivity contribution in [3.8, 4) is 12.3 Å². The second kappa shape index (κ2) is 8.16. The average Bonchev–Trinajstić information content (AvgIpc) is 3.12. The number of rotatable bonds is 4. The monoisotopic (exact) mass is 429 g/mol. The molecule has 0 fully saturated rings. The number of benzene rings is 2. The molecule has 2 aromatic carbocycles. The van der Waals surface area contributed by atoms with Crippen molar-refractivity contribution in [3.05, 3.63) is 69.3 Å². The first-order chi connectivity index (χ1) is 15.2. The molecule has 1 atom stereocenters. The Hall–Kier alpha value is -3.59.